The average Bonchev–Trinajstić information content (AvgIpc) is 2.82. The SMILES string of the molecule is COc1ccc(CCCCO/C(=C/c2cccc(CSc3cccc(Cl)c3)n2)C(=O)O)cc1. The quantitative estimate of drug-likeness (QED) is 0.137. The van der Waals surface area contributed by atoms with Crippen LogP contribution >= 0.6 is 23.4 Å². The van der Waals surface area contributed by atoms with Crippen molar-refractivity contribution in [2.24, 2.45) is 0 Å². The second-order valence-corrected chi connectivity index (χ2v) is 8.75. The summed E-state index contributed by atoms with van der Waals surface area (Å²) in [5.41, 5.74) is 2.61. The molecule has 0 saturated heterocycles. The van der Waals surface area contributed by atoms with E-state index in [1.165, 1.54) is 11.6 Å². The van der Waals surface area contributed by atoms with Crippen LogP contribution in [-0.2, 0) is 21.7 Å². The molecule has 0 atom stereocenters. The molecule has 172 valence electrons. The van der Waals surface area contributed by atoms with E-state index in [1.54, 1.807) is 24.9 Å². The third-order valence-electron chi connectivity index (χ3n) is 4.78. The second kappa shape index (κ2) is 12.9. The summed E-state index contributed by atoms with van der Waals surface area (Å²) in [6, 6.07) is 21.1. The Bertz CT molecular complexity index is 1090. The highest BCUT2D eigenvalue weighted by molar-refractivity contribution is 7.98. The van der Waals surface area contributed by atoms with Crippen molar-refractivity contribution in [1.82, 2.24) is 4.98 Å². The van der Waals surface area contributed by atoms with Gasteiger partial charge in [-0.1, -0.05) is 35.9 Å². The van der Waals surface area contributed by atoms with Crippen LogP contribution in [-0.4, -0.2) is 29.8 Å². The Kier molecular flexibility index (Phi) is 9.66. The maximum Gasteiger partial charge on any atom is 0.371 e. The van der Waals surface area contributed by atoms with Crippen molar-refractivity contribution < 1.29 is 19.4 Å². The van der Waals surface area contributed by atoms with Crippen LogP contribution in [0, 0.1) is 0 Å². The Labute approximate surface area is 203 Å². The molecule has 3 rings (SSSR count). The topological polar surface area (TPSA) is 68.7 Å². The molecule has 0 fully saturated rings. The van der Waals surface area contributed by atoms with Crippen LogP contribution in [0.15, 0.2) is 77.4 Å². The summed E-state index contributed by atoms with van der Waals surface area (Å²) in [5.74, 6) is 0.271. The van der Waals surface area contributed by atoms with Gasteiger partial charge < -0.3 is 14.6 Å². The van der Waals surface area contributed by atoms with E-state index in [0.29, 0.717) is 23.1 Å². The van der Waals surface area contributed by atoms with E-state index in [4.69, 9.17) is 21.1 Å². The highest BCUT2D eigenvalue weighted by Gasteiger charge is 2.10. The second-order valence-electron chi connectivity index (χ2n) is 7.27. The highest BCUT2D eigenvalue weighted by Crippen LogP contribution is 2.25. The summed E-state index contributed by atoms with van der Waals surface area (Å²) < 4.78 is 10.7. The van der Waals surface area contributed by atoms with Crippen molar-refractivity contribution in [3.05, 3.63) is 94.5 Å². The first kappa shape index (κ1) is 24.7. The maximum atomic E-state index is 11.6. The summed E-state index contributed by atoms with van der Waals surface area (Å²) in [6.07, 6.45) is 4.01. The average molecular weight is 484 g/mol. The van der Waals surface area contributed by atoms with Crippen molar-refractivity contribution >= 4 is 35.4 Å². The first-order chi connectivity index (χ1) is 16.0. The van der Waals surface area contributed by atoms with Crippen LogP contribution in [0.2, 0.25) is 5.02 Å². The molecule has 0 aliphatic heterocycles. The zero-order chi connectivity index (χ0) is 23.5. The molecule has 0 amide bonds. The number of unbranched alkanes of at least 4 members (excludes halogenated alkanes) is 1. The van der Waals surface area contributed by atoms with Gasteiger partial charge >= 0.3 is 5.97 Å². The number of hydrogen-bond donors (Lipinski definition) is 1. The standard InChI is InChI=1S/C26H26ClNO4S/c1-31-23-13-11-19(12-14-23)6-2-3-15-32-25(26(29)30)17-21-8-5-9-22(28-21)18-33-24-10-4-7-20(27)16-24/h4-5,7-14,16-17H,2-3,6,15,18H2,1H3,(H,29,30)/b25-17+. The zero-order valence-corrected chi connectivity index (χ0v) is 19.9. The van der Waals surface area contributed by atoms with Crippen molar-refractivity contribution in [3.8, 4) is 5.75 Å². The molecule has 0 spiro atoms. The number of rotatable bonds is 12. The van der Waals surface area contributed by atoms with Crippen LogP contribution in [0.1, 0.15) is 29.8 Å². The number of ether oxygens (including phenoxy) is 2. The van der Waals surface area contributed by atoms with E-state index < -0.39 is 5.97 Å². The minimum atomic E-state index is -1.11. The third-order valence-corrected chi connectivity index (χ3v) is 6.04. The molecule has 1 N–H and O–H groups in total. The van der Waals surface area contributed by atoms with Gasteiger partial charge in [-0.3, -0.25) is 4.98 Å². The molecule has 0 bridgehead atoms. The Morgan fingerprint density at radius 3 is 2.61 bits per heavy atom. The third kappa shape index (κ3) is 8.48. The van der Waals surface area contributed by atoms with Gasteiger partial charge in [0.25, 0.3) is 0 Å². The smallest absolute Gasteiger partial charge is 0.371 e. The largest absolute Gasteiger partial charge is 0.497 e. The van der Waals surface area contributed by atoms with Crippen molar-refractivity contribution in [2.75, 3.05) is 13.7 Å². The minimum Gasteiger partial charge on any atom is -0.497 e. The van der Waals surface area contributed by atoms with Gasteiger partial charge in [0.05, 0.1) is 25.1 Å². The fourth-order valence-corrected chi connectivity index (χ4v) is 4.19. The van der Waals surface area contributed by atoms with Gasteiger partial charge in [-0.05, 0) is 67.3 Å². The molecule has 5 nitrogen and oxygen atoms in total. The van der Waals surface area contributed by atoms with Gasteiger partial charge in [0.2, 0.25) is 5.76 Å². The van der Waals surface area contributed by atoms with E-state index in [1.807, 2.05) is 60.7 Å². The maximum absolute atomic E-state index is 11.6. The first-order valence-electron chi connectivity index (χ1n) is 10.6. The number of halogens is 1. The monoisotopic (exact) mass is 483 g/mol. The molecule has 0 radical (unpaired) electrons. The fraction of sp³-hybridized carbons (Fsp3) is 0.231. The molecule has 0 aliphatic carbocycles. The van der Waals surface area contributed by atoms with Gasteiger partial charge in [0, 0.05) is 21.7 Å². The molecular formula is C26H26ClNO4S. The Morgan fingerprint density at radius 2 is 1.88 bits per heavy atom. The number of aromatic nitrogens is 1. The van der Waals surface area contributed by atoms with Crippen molar-refractivity contribution in [1.29, 1.82) is 0 Å². The lowest BCUT2D eigenvalue weighted by Crippen LogP contribution is -2.07. The first-order valence-corrected chi connectivity index (χ1v) is 11.9. The Morgan fingerprint density at radius 1 is 1.09 bits per heavy atom. The van der Waals surface area contributed by atoms with E-state index in [-0.39, 0.29) is 5.76 Å². The van der Waals surface area contributed by atoms with Crippen LogP contribution in [0.25, 0.3) is 6.08 Å². The van der Waals surface area contributed by atoms with Crippen LogP contribution in [0.3, 0.4) is 0 Å². The van der Waals surface area contributed by atoms with Crippen molar-refractivity contribution in [3.63, 3.8) is 0 Å². The summed E-state index contributed by atoms with van der Waals surface area (Å²) in [6.45, 7) is 0.332. The predicted octanol–water partition coefficient (Wildman–Crippen LogP) is 6.50. The summed E-state index contributed by atoms with van der Waals surface area (Å²) in [7, 11) is 1.64. The predicted molar refractivity (Wildman–Crippen MR) is 133 cm³/mol. The molecule has 1 aromatic heterocycles. The number of carboxylic acid groups (broad SMARTS) is 1. The molecule has 0 unspecified atom stereocenters. The number of aryl methyl sites for hydroxylation is 1. The van der Waals surface area contributed by atoms with Gasteiger partial charge in [-0.25, -0.2) is 4.79 Å². The molecule has 7 heteroatoms. The molecule has 33 heavy (non-hydrogen) atoms. The molecule has 3 aromatic rings. The van der Waals surface area contributed by atoms with Crippen molar-refractivity contribution in [2.45, 2.75) is 29.9 Å². The van der Waals surface area contributed by atoms with E-state index in [0.717, 1.165) is 35.6 Å². The molecule has 1 heterocycles. The Hall–Kier alpha value is -2.96. The fourth-order valence-electron chi connectivity index (χ4n) is 3.08. The number of aliphatic carboxylic acids is 1. The molecule has 2 aromatic carbocycles. The highest BCUT2D eigenvalue weighted by atomic mass is 35.5. The molecule has 0 saturated carbocycles. The van der Waals surface area contributed by atoms with E-state index >= 15 is 0 Å². The van der Waals surface area contributed by atoms with Gasteiger partial charge in [-0.15, -0.1) is 11.8 Å². The number of thioether (sulfide) groups is 1. The number of pyridine rings is 1. The molecular weight excluding hydrogens is 458 g/mol. The summed E-state index contributed by atoms with van der Waals surface area (Å²) in [4.78, 5) is 17.2. The number of carbonyl (C=O) groups is 1. The zero-order valence-electron chi connectivity index (χ0n) is 18.4. The van der Waals surface area contributed by atoms with E-state index in [2.05, 4.69) is 4.98 Å². The lowest BCUT2D eigenvalue weighted by atomic mass is 10.1. The number of methoxy groups -OCH3 is 1. The lowest BCUT2D eigenvalue weighted by Gasteiger charge is -2.08. The van der Waals surface area contributed by atoms with Crippen LogP contribution < -0.4 is 4.74 Å². The van der Waals surface area contributed by atoms with E-state index in [9.17, 15) is 9.90 Å². The van der Waals surface area contributed by atoms with Gasteiger partial charge in [0.1, 0.15) is 5.75 Å². The number of nitrogens with zero attached hydrogens (tertiary/aromatic N) is 1. The van der Waals surface area contributed by atoms with Gasteiger partial charge in [0.15, 0.2) is 0 Å². The molecule has 0 aliphatic rings. The van der Waals surface area contributed by atoms with Gasteiger partial charge in [-0.2, -0.15) is 0 Å². The van der Waals surface area contributed by atoms with Crippen LogP contribution in [0.4, 0.5) is 0 Å². The number of hydrogen-bond acceptors (Lipinski definition) is 5. The normalized spacial score (nSPS) is 11.3. The van der Waals surface area contributed by atoms with Crippen LogP contribution in [0.5, 0.6) is 5.75 Å². The minimum absolute atomic E-state index is 0.105. The Balaban J connectivity index is 1.50. The lowest BCUT2D eigenvalue weighted by molar-refractivity contribution is -0.136. The number of carboxylic acids is 1. The summed E-state index contributed by atoms with van der Waals surface area (Å²) in [5, 5.41) is 10.2. The number of benzene rings is 2. The summed E-state index contributed by atoms with van der Waals surface area (Å²) >= 11 is 7.65.